The highest BCUT2D eigenvalue weighted by atomic mass is 32.2. The lowest BCUT2D eigenvalue weighted by Gasteiger charge is -2.36. The smallest absolute Gasteiger partial charge is 0.214 e. The molecule has 0 radical (unpaired) electrons. The maximum atomic E-state index is 12.0. The zero-order valence-corrected chi connectivity index (χ0v) is 10.6. The highest BCUT2D eigenvalue weighted by Gasteiger charge is 2.35. The minimum atomic E-state index is -3.02. The van der Waals surface area contributed by atoms with E-state index in [4.69, 9.17) is 5.73 Å². The van der Waals surface area contributed by atoms with Crippen LogP contribution in [0.4, 0.5) is 0 Å². The second kappa shape index (κ2) is 5.02. The van der Waals surface area contributed by atoms with E-state index in [2.05, 4.69) is 0 Å². The van der Waals surface area contributed by atoms with Gasteiger partial charge >= 0.3 is 0 Å². The highest BCUT2D eigenvalue weighted by Crippen LogP contribution is 2.26. The predicted octanol–water partition coefficient (Wildman–Crippen LogP) is 1.07. The van der Waals surface area contributed by atoms with Crippen molar-refractivity contribution in [2.75, 3.05) is 12.3 Å². The van der Waals surface area contributed by atoms with Crippen LogP contribution >= 0.6 is 0 Å². The minimum Gasteiger partial charge on any atom is -0.326 e. The van der Waals surface area contributed by atoms with Crippen molar-refractivity contribution in [2.24, 2.45) is 5.73 Å². The SMILES string of the molecule is NC1CCCCCC1N1CCCCS1(=O)=O. The summed E-state index contributed by atoms with van der Waals surface area (Å²) in [6.45, 7) is 0.681. The summed E-state index contributed by atoms with van der Waals surface area (Å²) < 4.78 is 25.7. The van der Waals surface area contributed by atoms with Crippen LogP contribution in [0.15, 0.2) is 0 Å². The average Bonchev–Trinajstić information content (AvgIpc) is 2.43. The van der Waals surface area contributed by atoms with E-state index in [1.807, 2.05) is 0 Å². The van der Waals surface area contributed by atoms with Gasteiger partial charge in [0.05, 0.1) is 5.75 Å². The number of hydrogen-bond acceptors (Lipinski definition) is 3. The van der Waals surface area contributed by atoms with Crippen molar-refractivity contribution in [2.45, 2.75) is 57.0 Å². The molecule has 2 rings (SSSR count). The van der Waals surface area contributed by atoms with Gasteiger partial charge in [0.1, 0.15) is 0 Å². The van der Waals surface area contributed by atoms with E-state index in [1.165, 1.54) is 6.42 Å². The van der Waals surface area contributed by atoms with Crippen LogP contribution in [0.1, 0.15) is 44.9 Å². The third kappa shape index (κ3) is 2.57. The van der Waals surface area contributed by atoms with Crippen molar-refractivity contribution in [3.8, 4) is 0 Å². The van der Waals surface area contributed by atoms with E-state index in [9.17, 15) is 8.42 Å². The Kier molecular flexibility index (Phi) is 3.87. The quantitative estimate of drug-likeness (QED) is 0.704. The molecule has 1 aliphatic heterocycles. The molecule has 0 aromatic rings. The van der Waals surface area contributed by atoms with Gasteiger partial charge in [-0.1, -0.05) is 19.3 Å². The van der Waals surface area contributed by atoms with Gasteiger partial charge in [-0.3, -0.25) is 0 Å². The third-order valence-corrected chi connectivity index (χ3v) is 5.76. The second-order valence-corrected chi connectivity index (χ2v) is 7.04. The molecule has 16 heavy (non-hydrogen) atoms. The molecule has 1 saturated carbocycles. The molecule has 2 unspecified atom stereocenters. The molecule has 0 amide bonds. The van der Waals surface area contributed by atoms with Crippen LogP contribution in [0.3, 0.4) is 0 Å². The van der Waals surface area contributed by atoms with E-state index in [-0.39, 0.29) is 12.1 Å². The normalized spacial score (nSPS) is 36.8. The van der Waals surface area contributed by atoms with Gasteiger partial charge in [-0.25, -0.2) is 8.42 Å². The largest absolute Gasteiger partial charge is 0.326 e. The maximum Gasteiger partial charge on any atom is 0.214 e. The van der Waals surface area contributed by atoms with Gasteiger partial charge in [0.2, 0.25) is 10.0 Å². The van der Waals surface area contributed by atoms with Gasteiger partial charge in [0.15, 0.2) is 0 Å². The molecule has 94 valence electrons. The Bertz CT molecular complexity index is 329. The van der Waals surface area contributed by atoms with Gasteiger partial charge in [-0.2, -0.15) is 4.31 Å². The van der Waals surface area contributed by atoms with Crippen molar-refractivity contribution >= 4 is 10.0 Å². The molecule has 0 spiro atoms. The van der Waals surface area contributed by atoms with Crippen molar-refractivity contribution in [3.63, 3.8) is 0 Å². The molecule has 0 bridgehead atoms. The van der Waals surface area contributed by atoms with Crippen LogP contribution in [-0.4, -0.2) is 37.1 Å². The molecule has 2 aliphatic rings. The first-order valence-electron chi connectivity index (χ1n) is 6.36. The van der Waals surface area contributed by atoms with Crippen molar-refractivity contribution < 1.29 is 8.42 Å². The Morgan fingerprint density at radius 1 is 1.00 bits per heavy atom. The number of rotatable bonds is 1. The minimum absolute atomic E-state index is 0.0374. The summed E-state index contributed by atoms with van der Waals surface area (Å²) >= 11 is 0. The van der Waals surface area contributed by atoms with Crippen LogP contribution in [-0.2, 0) is 10.0 Å². The Labute approximate surface area is 98.2 Å². The fraction of sp³-hybridized carbons (Fsp3) is 1.00. The molecule has 1 aliphatic carbocycles. The topological polar surface area (TPSA) is 63.4 Å². The molecular formula is C11H22N2O2S. The van der Waals surface area contributed by atoms with Crippen molar-refractivity contribution in [1.82, 2.24) is 4.31 Å². The lowest BCUT2D eigenvalue weighted by atomic mass is 10.0. The molecule has 0 aromatic heterocycles. The van der Waals surface area contributed by atoms with Crippen LogP contribution in [0.5, 0.6) is 0 Å². The number of sulfonamides is 1. The molecule has 0 aromatic carbocycles. The van der Waals surface area contributed by atoms with Crippen LogP contribution in [0.2, 0.25) is 0 Å². The predicted molar refractivity (Wildman–Crippen MR) is 64.6 cm³/mol. The van der Waals surface area contributed by atoms with E-state index in [0.29, 0.717) is 12.3 Å². The van der Waals surface area contributed by atoms with E-state index >= 15 is 0 Å². The molecule has 2 atom stereocenters. The van der Waals surface area contributed by atoms with E-state index in [1.54, 1.807) is 4.31 Å². The molecule has 2 N–H and O–H groups in total. The maximum absolute atomic E-state index is 12.0. The van der Waals surface area contributed by atoms with Gasteiger partial charge < -0.3 is 5.73 Å². The summed E-state index contributed by atoms with van der Waals surface area (Å²) in [6, 6.07) is 0.100. The summed E-state index contributed by atoms with van der Waals surface area (Å²) in [5, 5.41) is 0. The first-order chi connectivity index (χ1) is 7.61. The molecule has 1 saturated heterocycles. The van der Waals surface area contributed by atoms with Gasteiger partial charge in [-0.15, -0.1) is 0 Å². The monoisotopic (exact) mass is 246 g/mol. The molecular weight excluding hydrogens is 224 g/mol. The lowest BCUT2D eigenvalue weighted by molar-refractivity contribution is 0.254. The van der Waals surface area contributed by atoms with E-state index in [0.717, 1.165) is 38.5 Å². The fourth-order valence-corrected chi connectivity index (χ4v) is 4.74. The number of nitrogens with two attached hydrogens (primary N) is 1. The molecule has 2 fully saturated rings. The standard InChI is InChI=1S/C11H22N2O2S/c12-10-6-2-1-3-7-11(10)13-8-4-5-9-16(13,14)15/h10-11H,1-9,12H2. The van der Waals surface area contributed by atoms with Crippen LogP contribution in [0, 0.1) is 0 Å². The summed E-state index contributed by atoms with van der Waals surface area (Å²) in [7, 11) is -3.02. The third-order valence-electron chi connectivity index (χ3n) is 3.79. The Hall–Kier alpha value is -0.130. The summed E-state index contributed by atoms with van der Waals surface area (Å²) in [5.41, 5.74) is 6.12. The van der Waals surface area contributed by atoms with Gasteiger partial charge in [0.25, 0.3) is 0 Å². The molecule has 4 nitrogen and oxygen atoms in total. The number of nitrogens with zero attached hydrogens (tertiary/aromatic N) is 1. The van der Waals surface area contributed by atoms with E-state index < -0.39 is 10.0 Å². The second-order valence-electron chi connectivity index (χ2n) is 5.00. The Balaban J connectivity index is 2.14. The van der Waals surface area contributed by atoms with Gasteiger partial charge in [0, 0.05) is 18.6 Å². The first kappa shape index (κ1) is 12.3. The zero-order valence-electron chi connectivity index (χ0n) is 9.77. The fourth-order valence-electron chi connectivity index (χ4n) is 2.85. The van der Waals surface area contributed by atoms with Crippen molar-refractivity contribution in [3.05, 3.63) is 0 Å². The van der Waals surface area contributed by atoms with Crippen LogP contribution in [0.25, 0.3) is 0 Å². The Morgan fingerprint density at radius 3 is 2.50 bits per heavy atom. The average molecular weight is 246 g/mol. The zero-order chi connectivity index (χ0) is 11.6. The molecule has 1 heterocycles. The summed E-state index contributed by atoms with van der Waals surface area (Å²) in [5.74, 6) is 0.316. The molecule has 5 heteroatoms. The van der Waals surface area contributed by atoms with Crippen molar-refractivity contribution in [1.29, 1.82) is 0 Å². The first-order valence-corrected chi connectivity index (χ1v) is 7.97. The Morgan fingerprint density at radius 2 is 1.75 bits per heavy atom. The summed E-state index contributed by atoms with van der Waals surface area (Å²) in [4.78, 5) is 0. The number of hydrogen-bond donors (Lipinski definition) is 1. The van der Waals surface area contributed by atoms with Gasteiger partial charge in [-0.05, 0) is 25.7 Å². The summed E-state index contributed by atoms with van der Waals surface area (Å²) in [6.07, 6.45) is 7.16. The lowest BCUT2D eigenvalue weighted by Crippen LogP contribution is -2.52. The van der Waals surface area contributed by atoms with Crippen LogP contribution < -0.4 is 5.73 Å². The highest BCUT2D eigenvalue weighted by molar-refractivity contribution is 7.89.